The molecule has 0 aliphatic heterocycles. The van der Waals surface area contributed by atoms with E-state index in [0.29, 0.717) is 11.8 Å². The lowest BCUT2D eigenvalue weighted by Gasteiger charge is -2.44. The summed E-state index contributed by atoms with van der Waals surface area (Å²) in [7, 11) is 0. The molecule has 1 aliphatic rings. The second kappa shape index (κ2) is 18.0. The van der Waals surface area contributed by atoms with Crippen molar-refractivity contribution in [1.29, 1.82) is 0 Å². The van der Waals surface area contributed by atoms with E-state index >= 15 is 0 Å². The molecule has 1 aliphatic carbocycles. The number of hydrogen-bond donors (Lipinski definition) is 1. The van der Waals surface area contributed by atoms with Crippen LogP contribution in [0.25, 0.3) is 0 Å². The molecule has 0 spiro atoms. The minimum absolute atomic E-state index is 0.236. The van der Waals surface area contributed by atoms with E-state index in [9.17, 15) is 9.90 Å². The molecule has 0 bridgehead atoms. The second-order valence-electron chi connectivity index (χ2n) is 12.1. The van der Waals surface area contributed by atoms with Crippen molar-refractivity contribution in [2.45, 2.75) is 155 Å². The topological polar surface area (TPSA) is 37.3 Å². The van der Waals surface area contributed by atoms with E-state index in [2.05, 4.69) is 51.1 Å². The summed E-state index contributed by atoms with van der Waals surface area (Å²) in [4.78, 5) is 12.8. The highest BCUT2D eigenvalue weighted by Gasteiger charge is 2.48. The van der Waals surface area contributed by atoms with E-state index < -0.39 is 11.4 Å². The Hall–Kier alpha value is -1.31. The fourth-order valence-corrected chi connectivity index (χ4v) is 6.83. The summed E-state index contributed by atoms with van der Waals surface area (Å²) in [6, 6.07) is 10.8. The Bertz CT molecular complexity index is 684. The van der Waals surface area contributed by atoms with Gasteiger partial charge in [-0.3, -0.25) is 4.79 Å². The number of carbonyl (C=O) groups is 1. The van der Waals surface area contributed by atoms with Crippen molar-refractivity contribution < 1.29 is 9.90 Å². The molecule has 1 N–H and O–H groups in total. The first-order valence-corrected chi connectivity index (χ1v) is 15.8. The van der Waals surface area contributed by atoms with Gasteiger partial charge in [0.2, 0.25) is 0 Å². The Morgan fingerprint density at radius 3 is 1.81 bits per heavy atom. The van der Waals surface area contributed by atoms with E-state index in [0.717, 1.165) is 25.7 Å². The SMILES string of the molecule is CCCCCCCCCCC(CCCCCCCC)CC1(C(=O)O)CCC(c2ccccc2)CC1C. The first kappa shape index (κ1) is 30.9. The smallest absolute Gasteiger partial charge is 0.309 e. The maximum atomic E-state index is 12.8. The van der Waals surface area contributed by atoms with Crippen LogP contribution in [-0.4, -0.2) is 11.1 Å². The van der Waals surface area contributed by atoms with E-state index in [1.165, 1.54) is 108 Å². The lowest BCUT2D eigenvalue weighted by atomic mass is 9.59. The van der Waals surface area contributed by atoms with Crippen molar-refractivity contribution in [3.8, 4) is 0 Å². The fraction of sp³-hybridized carbons (Fsp3) is 0.794. The Balaban J connectivity index is 1.93. The number of carboxylic acid groups (broad SMARTS) is 1. The maximum absolute atomic E-state index is 12.8. The van der Waals surface area contributed by atoms with Crippen LogP contribution in [0.3, 0.4) is 0 Å². The summed E-state index contributed by atoms with van der Waals surface area (Å²) >= 11 is 0. The van der Waals surface area contributed by atoms with E-state index in [1.807, 2.05) is 0 Å². The normalized spacial score (nSPS) is 23.0. The molecule has 0 radical (unpaired) electrons. The Morgan fingerprint density at radius 2 is 1.33 bits per heavy atom. The number of hydrogen-bond acceptors (Lipinski definition) is 1. The molecule has 2 heteroatoms. The molecule has 0 heterocycles. The standard InChI is InChI=1S/C34H58O2/c1-4-6-8-10-12-13-15-18-22-30(21-17-14-11-9-7-5-2)28-34(33(35)36)26-25-32(27-29(34)3)31-23-19-16-20-24-31/h16,19-20,23-24,29-30,32H,4-15,17-18,21-22,25-28H2,1-3H3,(H,35,36). The Labute approximate surface area is 224 Å². The van der Waals surface area contributed by atoms with Gasteiger partial charge in [0.15, 0.2) is 0 Å². The number of aliphatic carboxylic acids is 1. The molecule has 1 aromatic carbocycles. The van der Waals surface area contributed by atoms with Gasteiger partial charge in [-0.25, -0.2) is 0 Å². The van der Waals surface area contributed by atoms with Crippen LogP contribution in [0.1, 0.15) is 161 Å². The number of unbranched alkanes of at least 4 members (excludes halogenated alkanes) is 12. The van der Waals surface area contributed by atoms with Gasteiger partial charge in [-0.05, 0) is 49.0 Å². The Morgan fingerprint density at radius 1 is 0.833 bits per heavy atom. The molecule has 0 amide bonds. The van der Waals surface area contributed by atoms with Gasteiger partial charge in [-0.15, -0.1) is 0 Å². The van der Waals surface area contributed by atoms with Crippen molar-refractivity contribution in [3.05, 3.63) is 35.9 Å². The average molecular weight is 499 g/mol. The molecule has 4 unspecified atom stereocenters. The lowest BCUT2D eigenvalue weighted by Crippen LogP contribution is -2.43. The first-order valence-electron chi connectivity index (χ1n) is 15.8. The fourth-order valence-electron chi connectivity index (χ4n) is 6.83. The van der Waals surface area contributed by atoms with Crippen molar-refractivity contribution in [2.24, 2.45) is 17.3 Å². The Kier molecular flexibility index (Phi) is 15.5. The number of benzene rings is 1. The molecule has 2 nitrogen and oxygen atoms in total. The quantitative estimate of drug-likeness (QED) is 0.181. The summed E-state index contributed by atoms with van der Waals surface area (Å²) in [6.45, 7) is 6.79. The molecule has 1 saturated carbocycles. The van der Waals surface area contributed by atoms with Crippen LogP contribution in [0.15, 0.2) is 30.3 Å². The van der Waals surface area contributed by atoms with E-state index in [4.69, 9.17) is 0 Å². The van der Waals surface area contributed by atoms with Gasteiger partial charge in [0.1, 0.15) is 0 Å². The van der Waals surface area contributed by atoms with Crippen molar-refractivity contribution in [1.82, 2.24) is 0 Å². The highest BCUT2D eigenvalue weighted by atomic mass is 16.4. The molecule has 2 rings (SSSR count). The highest BCUT2D eigenvalue weighted by Crippen LogP contribution is 2.51. The van der Waals surface area contributed by atoms with E-state index in [1.54, 1.807) is 0 Å². The van der Waals surface area contributed by atoms with Crippen LogP contribution in [0.5, 0.6) is 0 Å². The van der Waals surface area contributed by atoms with Crippen LogP contribution in [-0.2, 0) is 4.79 Å². The van der Waals surface area contributed by atoms with Gasteiger partial charge < -0.3 is 5.11 Å². The summed E-state index contributed by atoms with van der Waals surface area (Å²) < 4.78 is 0. The highest BCUT2D eigenvalue weighted by molar-refractivity contribution is 5.75. The summed E-state index contributed by atoms with van der Waals surface area (Å²) in [6.07, 6.45) is 25.0. The molecule has 206 valence electrons. The lowest BCUT2D eigenvalue weighted by molar-refractivity contribution is -0.157. The minimum atomic E-state index is -0.529. The summed E-state index contributed by atoms with van der Waals surface area (Å²) in [5.74, 6) is 0.798. The van der Waals surface area contributed by atoms with Gasteiger partial charge in [0.25, 0.3) is 0 Å². The molecule has 0 saturated heterocycles. The third-order valence-electron chi connectivity index (χ3n) is 9.30. The zero-order valence-corrected chi connectivity index (χ0v) is 24.1. The zero-order chi connectivity index (χ0) is 26.1. The molecule has 4 atom stereocenters. The predicted molar refractivity (Wildman–Crippen MR) is 156 cm³/mol. The predicted octanol–water partition coefficient (Wildman–Crippen LogP) is 10.9. The maximum Gasteiger partial charge on any atom is 0.309 e. The number of carboxylic acids is 1. The monoisotopic (exact) mass is 498 g/mol. The summed E-state index contributed by atoms with van der Waals surface area (Å²) in [5.41, 5.74) is 0.865. The second-order valence-corrected chi connectivity index (χ2v) is 12.1. The van der Waals surface area contributed by atoms with Crippen molar-refractivity contribution >= 4 is 5.97 Å². The summed E-state index contributed by atoms with van der Waals surface area (Å²) in [5, 5.41) is 10.5. The third kappa shape index (κ3) is 10.6. The molecular weight excluding hydrogens is 440 g/mol. The third-order valence-corrected chi connectivity index (χ3v) is 9.30. The van der Waals surface area contributed by atoms with Gasteiger partial charge >= 0.3 is 5.97 Å². The zero-order valence-electron chi connectivity index (χ0n) is 24.1. The van der Waals surface area contributed by atoms with Crippen LogP contribution < -0.4 is 0 Å². The van der Waals surface area contributed by atoms with Crippen molar-refractivity contribution in [2.75, 3.05) is 0 Å². The molecular formula is C34H58O2. The first-order chi connectivity index (χ1) is 17.5. The van der Waals surface area contributed by atoms with Gasteiger partial charge in [0, 0.05) is 0 Å². The molecule has 36 heavy (non-hydrogen) atoms. The van der Waals surface area contributed by atoms with E-state index in [-0.39, 0.29) is 5.92 Å². The average Bonchev–Trinajstić information content (AvgIpc) is 2.88. The van der Waals surface area contributed by atoms with Gasteiger partial charge in [0.05, 0.1) is 5.41 Å². The van der Waals surface area contributed by atoms with Crippen LogP contribution in [0, 0.1) is 17.3 Å². The van der Waals surface area contributed by atoms with Crippen LogP contribution in [0.2, 0.25) is 0 Å². The van der Waals surface area contributed by atoms with Crippen LogP contribution in [0.4, 0.5) is 0 Å². The largest absolute Gasteiger partial charge is 0.481 e. The van der Waals surface area contributed by atoms with Gasteiger partial charge in [-0.2, -0.15) is 0 Å². The van der Waals surface area contributed by atoms with Crippen LogP contribution >= 0.6 is 0 Å². The molecule has 0 aromatic heterocycles. The van der Waals surface area contributed by atoms with Crippen molar-refractivity contribution in [3.63, 3.8) is 0 Å². The minimum Gasteiger partial charge on any atom is -0.481 e. The van der Waals surface area contributed by atoms with Gasteiger partial charge in [-0.1, -0.05) is 154 Å². The number of rotatable bonds is 20. The molecule has 1 aromatic rings. The molecule has 1 fully saturated rings.